The van der Waals surface area contributed by atoms with Gasteiger partial charge in [-0.15, -0.1) is 0 Å². The molecular weight excluding hydrogens is 418 g/mol. The maximum absolute atomic E-state index is 12.3. The fourth-order valence-electron chi connectivity index (χ4n) is 4.10. The van der Waals surface area contributed by atoms with Gasteiger partial charge in [0.2, 0.25) is 0 Å². The van der Waals surface area contributed by atoms with E-state index in [1.165, 1.54) is 6.07 Å². The van der Waals surface area contributed by atoms with E-state index in [1.807, 2.05) is 37.3 Å². The van der Waals surface area contributed by atoms with Crippen molar-refractivity contribution in [3.63, 3.8) is 0 Å². The molecule has 9 heteroatoms. The van der Waals surface area contributed by atoms with Crippen molar-refractivity contribution in [3.05, 3.63) is 80.9 Å². The second-order valence-corrected chi connectivity index (χ2v) is 8.14. The summed E-state index contributed by atoms with van der Waals surface area (Å²) in [4.78, 5) is 48.1. The first kappa shape index (κ1) is 21.0. The number of pyridine rings is 1. The van der Waals surface area contributed by atoms with Crippen LogP contribution in [0.3, 0.4) is 0 Å². The summed E-state index contributed by atoms with van der Waals surface area (Å²) in [5.41, 5.74) is 2.02. The van der Waals surface area contributed by atoms with Crippen molar-refractivity contribution in [1.82, 2.24) is 29.8 Å². The van der Waals surface area contributed by atoms with E-state index >= 15 is 0 Å². The maximum atomic E-state index is 12.3. The Morgan fingerprint density at radius 1 is 0.970 bits per heavy atom. The molecule has 4 aromatic rings. The molecule has 168 valence electrons. The number of para-hydroxylation sites is 1. The Morgan fingerprint density at radius 2 is 1.79 bits per heavy atom. The molecule has 0 aliphatic carbocycles. The zero-order chi connectivity index (χ0) is 22.8. The molecule has 0 bridgehead atoms. The minimum atomic E-state index is -0.153. The molecule has 0 unspecified atom stereocenters. The minimum absolute atomic E-state index is 0.0983. The number of benzene rings is 1. The van der Waals surface area contributed by atoms with Crippen molar-refractivity contribution in [2.24, 2.45) is 0 Å². The van der Waals surface area contributed by atoms with Gasteiger partial charge in [-0.1, -0.05) is 19.1 Å². The highest BCUT2D eigenvalue weighted by Gasteiger charge is 2.19. The zero-order valence-corrected chi connectivity index (χ0v) is 18.4. The number of piperazine rings is 1. The summed E-state index contributed by atoms with van der Waals surface area (Å²) < 4.78 is 0. The van der Waals surface area contributed by atoms with Gasteiger partial charge in [-0.05, 0) is 30.7 Å². The number of nitrogens with one attached hydrogen (secondary N) is 2. The number of nitrogens with zero attached hydrogens (tertiary/aromatic N) is 5. The molecule has 1 aliphatic heterocycles. The summed E-state index contributed by atoms with van der Waals surface area (Å²) in [7, 11) is 0. The molecule has 0 atom stereocenters. The van der Waals surface area contributed by atoms with E-state index in [1.54, 1.807) is 12.3 Å². The first-order valence-corrected chi connectivity index (χ1v) is 11.1. The van der Waals surface area contributed by atoms with E-state index in [4.69, 9.17) is 0 Å². The predicted octanol–water partition coefficient (Wildman–Crippen LogP) is 1.95. The third-order valence-corrected chi connectivity index (χ3v) is 5.91. The van der Waals surface area contributed by atoms with Crippen LogP contribution in [0.5, 0.6) is 0 Å². The maximum Gasteiger partial charge on any atom is 0.258 e. The average molecular weight is 444 g/mol. The highest BCUT2D eigenvalue weighted by atomic mass is 16.1. The first-order valence-electron chi connectivity index (χ1n) is 11.1. The number of hydrogen-bond acceptors (Lipinski definition) is 7. The fourth-order valence-corrected chi connectivity index (χ4v) is 4.10. The lowest BCUT2D eigenvalue weighted by atomic mass is 10.2. The van der Waals surface area contributed by atoms with E-state index in [0.29, 0.717) is 30.0 Å². The average Bonchev–Trinajstić information content (AvgIpc) is 2.84. The molecule has 1 fully saturated rings. The summed E-state index contributed by atoms with van der Waals surface area (Å²) in [5.74, 6) is 2.12. The number of anilines is 1. The van der Waals surface area contributed by atoms with Crippen molar-refractivity contribution in [1.29, 1.82) is 0 Å². The Labute approximate surface area is 190 Å². The van der Waals surface area contributed by atoms with E-state index in [-0.39, 0.29) is 11.1 Å². The van der Waals surface area contributed by atoms with E-state index < -0.39 is 0 Å². The van der Waals surface area contributed by atoms with Gasteiger partial charge in [-0.25, -0.2) is 15.0 Å². The summed E-state index contributed by atoms with van der Waals surface area (Å²) in [6.07, 6.45) is 2.46. The fraction of sp³-hybridized carbons (Fsp3) is 0.292. The van der Waals surface area contributed by atoms with Crippen LogP contribution >= 0.6 is 0 Å². The van der Waals surface area contributed by atoms with Gasteiger partial charge in [-0.3, -0.25) is 14.5 Å². The van der Waals surface area contributed by atoms with Crippen LogP contribution in [0.15, 0.2) is 58.3 Å². The van der Waals surface area contributed by atoms with Crippen molar-refractivity contribution >= 4 is 16.7 Å². The summed E-state index contributed by atoms with van der Waals surface area (Å²) >= 11 is 0. The number of rotatable bonds is 5. The summed E-state index contributed by atoms with van der Waals surface area (Å²) in [6, 6.07) is 12.8. The molecule has 0 amide bonds. The lowest BCUT2D eigenvalue weighted by Gasteiger charge is -2.35. The smallest absolute Gasteiger partial charge is 0.258 e. The molecule has 3 aromatic heterocycles. The van der Waals surface area contributed by atoms with Crippen LogP contribution in [-0.2, 0) is 13.0 Å². The van der Waals surface area contributed by atoms with Gasteiger partial charge in [0.25, 0.3) is 11.1 Å². The van der Waals surface area contributed by atoms with Crippen LogP contribution < -0.4 is 16.0 Å². The third kappa shape index (κ3) is 4.54. The minimum Gasteiger partial charge on any atom is -0.354 e. The second kappa shape index (κ2) is 8.95. The molecule has 5 rings (SSSR count). The lowest BCUT2D eigenvalue weighted by Crippen LogP contribution is -2.46. The van der Waals surface area contributed by atoms with Gasteiger partial charge in [0.1, 0.15) is 17.5 Å². The number of aromatic nitrogens is 5. The van der Waals surface area contributed by atoms with Crippen molar-refractivity contribution in [2.75, 3.05) is 31.1 Å². The molecule has 33 heavy (non-hydrogen) atoms. The standard InChI is InChI=1S/C24H25N7O2/c1-2-17-13-22(32)29-23(26-17)16-7-8-21(25-14-16)31-11-9-30(10-12-31)15-20-27-19-6-4-3-5-18(19)24(33)28-20/h3-8,13-14H,2,9-12,15H2,1H3,(H,26,29,32)(H,27,28,33). The van der Waals surface area contributed by atoms with Crippen LogP contribution in [0.1, 0.15) is 18.4 Å². The number of H-pyrrole nitrogens is 2. The van der Waals surface area contributed by atoms with E-state index in [2.05, 4.69) is 34.7 Å². The Hall–Kier alpha value is -3.85. The largest absolute Gasteiger partial charge is 0.354 e. The van der Waals surface area contributed by atoms with Crippen LogP contribution in [0.25, 0.3) is 22.3 Å². The Balaban J connectivity index is 1.24. The van der Waals surface area contributed by atoms with E-state index in [9.17, 15) is 9.59 Å². The van der Waals surface area contributed by atoms with Crippen LogP contribution in [0, 0.1) is 0 Å². The predicted molar refractivity (Wildman–Crippen MR) is 127 cm³/mol. The molecule has 2 N–H and O–H groups in total. The van der Waals surface area contributed by atoms with Gasteiger partial charge in [0.05, 0.1) is 17.4 Å². The SMILES string of the molecule is CCc1cc(=O)[nH]c(-c2ccc(N3CCN(Cc4nc5ccccc5c(=O)[nH]4)CC3)nc2)n1. The monoisotopic (exact) mass is 443 g/mol. The normalized spacial score (nSPS) is 14.6. The lowest BCUT2D eigenvalue weighted by molar-refractivity contribution is 0.243. The van der Waals surface area contributed by atoms with Crippen molar-refractivity contribution in [2.45, 2.75) is 19.9 Å². The number of aryl methyl sites for hydroxylation is 1. The highest BCUT2D eigenvalue weighted by Crippen LogP contribution is 2.19. The van der Waals surface area contributed by atoms with Crippen molar-refractivity contribution < 1.29 is 0 Å². The van der Waals surface area contributed by atoms with Gasteiger partial charge in [0.15, 0.2) is 0 Å². The van der Waals surface area contributed by atoms with Crippen LogP contribution in [-0.4, -0.2) is 56.0 Å². The highest BCUT2D eigenvalue weighted by molar-refractivity contribution is 5.77. The molecule has 1 aliphatic rings. The molecule has 1 aromatic carbocycles. The second-order valence-electron chi connectivity index (χ2n) is 8.14. The van der Waals surface area contributed by atoms with E-state index in [0.717, 1.165) is 48.8 Å². The molecule has 0 radical (unpaired) electrons. The Bertz CT molecular complexity index is 1390. The van der Waals surface area contributed by atoms with Crippen LogP contribution in [0.2, 0.25) is 0 Å². The molecule has 9 nitrogen and oxygen atoms in total. The van der Waals surface area contributed by atoms with Gasteiger partial charge in [0, 0.05) is 49.7 Å². The molecule has 0 saturated carbocycles. The third-order valence-electron chi connectivity index (χ3n) is 5.91. The van der Waals surface area contributed by atoms with Crippen LogP contribution in [0.4, 0.5) is 5.82 Å². The van der Waals surface area contributed by atoms with Gasteiger partial charge < -0.3 is 14.9 Å². The molecular formula is C24H25N7O2. The van der Waals surface area contributed by atoms with Gasteiger partial charge in [-0.2, -0.15) is 0 Å². The number of aromatic amines is 2. The molecule has 1 saturated heterocycles. The summed E-state index contributed by atoms with van der Waals surface area (Å²) in [5, 5.41) is 0.612. The van der Waals surface area contributed by atoms with Gasteiger partial charge >= 0.3 is 0 Å². The Morgan fingerprint density at radius 3 is 2.55 bits per heavy atom. The summed E-state index contributed by atoms with van der Waals surface area (Å²) in [6.45, 7) is 5.91. The topological polar surface area (TPSA) is 111 Å². The quantitative estimate of drug-likeness (QED) is 0.485. The Kier molecular flexibility index (Phi) is 5.70. The first-order chi connectivity index (χ1) is 16.1. The molecule has 0 spiro atoms. The number of hydrogen-bond donors (Lipinski definition) is 2. The number of fused-ring (bicyclic) bond motifs is 1. The molecule has 4 heterocycles. The zero-order valence-electron chi connectivity index (χ0n) is 18.4. The van der Waals surface area contributed by atoms with Crippen molar-refractivity contribution in [3.8, 4) is 11.4 Å².